The summed E-state index contributed by atoms with van der Waals surface area (Å²) in [6.07, 6.45) is 12.3. The van der Waals surface area contributed by atoms with Crippen LogP contribution in [0.15, 0.2) is 0 Å². The first-order valence-corrected chi connectivity index (χ1v) is 9.23. The van der Waals surface area contributed by atoms with E-state index in [4.69, 9.17) is 0 Å². The van der Waals surface area contributed by atoms with Crippen molar-refractivity contribution in [1.29, 1.82) is 0 Å². The summed E-state index contributed by atoms with van der Waals surface area (Å²) < 4.78 is 0. The lowest BCUT2D eigenvalue weighted by Crippen LogP contribution is -2.67. The van der Waals surface area contributed by atoms with Crippen LogP contribution in [0.2, 0.25) is 0 Å². The molecule has 2 unspecified atom stereocenters. The molecule has 2 heteroatoms. The molecule has 2 saturated heterocycles. The molecule has 2 heterocycles. The van der Waals surface area contributed by atoms with Gasteiger partial charge in [0.1, 0.15) is 0 Å². The topological polar surface area (TPSA) is 6.48 Å². The second-order valence-corrected chi connectivity index (χ2v) is 8.93. The number of hydrogen-bond donors (Lipinski definition) is 0. The maximum absolute atomic E-state index is 3.03. The van der Waals surface area contributed by atoms with E-state index >= 15 is 0 Å². The monoisotopic (exact) mass is 274 g/mol. The summed E-state index contributed by atoms with van der Waals surface area (Å²) in [6, 6.07) is 1.71. The molecule has 0 aromatic carbocycles. The first-order chi connectivity index (χ1) is 9.72. The fraction of sp³-hybridized carbons (Fsp3) is 1.00. The van der Waals surface area contributed by atoms with Crippen molar-refractivity contribution in [2.75, 3.05) is 19.6 Å². The maximum atomic E-state index is 3.03. The summed E-state index contributed by atoms with van der Waals surface area (Å²) >= 11 is 0. The van der Waals surface area contributed by atoms with Crippen LogP contribution in [0.25, 0.3) is 0 Å². The van der Waals surface area contributed by atoms with E-state index < -0.39 is 0 Å². The fourth-order valence-electron chi connectivity index (χ4n) is 7.27. The van der Waals surface area contributed by atoms with Gasteiger partial charge in [-0.25, -0.2) is 0 Å². The highest BCUT2D eigenvalue weighted by Gasteiger charge is 2.55. The molecular weight excluding hydrogens is 244 g/mol. The van der Waals surface area contributed by atoms with Gasteiger partial charge in [0.2, 0.25) is 0 Å². The molecule has 0 amide bonds. The van der Waals surface area contributed by atoms with E-state index in [0.29, 0.717) is 5.54 Å². The smallest absolute Gasteiger partial charge is 0.0224 e. The minimum Gasteiger partial charge on any atom is -0.298 e. The van der Waals surface area contributed by atoms with Crippen molar-refractivity contribution in [1.82, 2.24) is 9.80 Å². The van der Waals surface area contributed by atoms with Gasteiger partial charge in [0.05, 0.1) is 0 Å². The van der Waals surface area contributed by atoms with Crippen molar-refractivity contribution in [3.8, 4) is 0 Å². The van der Waals surface area contributed by atoms with Crippen LogP contribution in [0.3, 0.4) is 0 Å². The van der Waals surface area contributed by atoms with Gasteiger partial charge in [0.25, 0.3) is 0 Å². The molecule has 4 aliphatic carbocycles. The third-order valence-electron chi connectivity index (χ3n) is 7.55. The van der Waals surface area contributed by atoms with Gasteiger partial charge in [-0.3, -0.25) is 9.80 Å². The van der Waals surface area contributed by atoms with Crippen LogP contribution in [0.5, 0.6) is 0 Å². The van der Waals surface area contributed by atoms with Crippen molar-refractivity contribution >= 4 is 0 Å². The first kappa shape index (κ1) is 12.5. The summed E-state index contributed by atoms with van der Waals surface area (Å²) in [7, 11) is 0. The van der Waals surface area contributed by atoms with E-state index in [9.17, 15) is 0 Å². The molecule has 0 spiro atoms. The highest BCUT2D eigenvalue weighted by atomic mass is 15.3. The lowest BCUT2D eigenvalue weighted by atomic mass is 9.52. The molecule has 6 aliphatic rings. The van der Waals surface area contributed by atoms with Crippen molar-refractivity contribution in [2.24, 2.45) is 17.8 Å². The fourth-order valence-corrected chi connectivity index (χ4v) is 7.27. The highest BCUT2D eigenvalue weighted by Crippen LogP contribution is 2.58. The van der Waals surface area contributed by atoms with Crippen molar-refractivity contribution < 1.29 is 0 Å². The van der Waals surface area contributed by atoms with E-state index in [2.05, 4.69) is 16.7 Å². The van der Waals surface area contributed by atoms with Crippen LogP contribution in [-0.2, 0) is 0 Å². The molecule has 6 fully saturated rings. The third-order valence-corrected chi connectivity index (χ3v) is 7.55. The Bertz CT molecular complexity index is 369. The Morgan fingerprint density at radius 2 is 1.55 bits per heavy atom. The number of piperazine rings is 1. The number of fused-ring (bicyclic) bond motifs is 1. The van der Waals surface area contributed by atoms with Crippen LogP contribution in [0, 0.1) is 17.8 Å². The normalized spacial score (nSPS) is 55.4. The van der Waals surface area contributed by atoms with E-state index in [1.807, 2.05) is 0 Å². The minimum absolute atomic E-state index is 0.642. The Labute approximate surface area is 123 Å². The zero-order valence-electron chi connectivity index (χ0n) is 13.1. The van der Waals surface area contributed by atoms with Gasteiger partial charge in [0.15, 0.2) is 0 Å². The Kier molecular flexibility index (Phi) is 2.63. The average molecular weight is 274 g/mol. The van der Waals surface area contributed by atoms with Gasteiger partial charge in [-0.15, -0.1) is 0 Å². The summed E-state index contributed by atoms with van der Waals surface area (Å²) in [6.45, 7) is 6.65. The molecular formula is C18H30N2. The van der Waals surface area contributed by atoms with Crippen molar-refractivity contribution in [2.45, 2.75) is 75.9 Å². The molecule has 6 rings (SSSR count). The van der Waals surface area contributed by atoms with Gasteiger partial charge in [0, 0.05) is 30.7 Å². The van der Waals surface area contributed by atoms with Gasteiger partial charge in [-0.1, -0.05) is 0 Å². The predicted octanol–water partition coefficient (Wildman–Crippen LogP) is 3.12. The summed E-state index contributed by atoms with van der Waals surface area (Å²) in [5.41, 5.74) is 0.642. The van der Waals surface area contributed by atoms with Crippen LogP contribution in [0.4, 0.5) is 0 Å². The average Bonchev–Trinajstić information content (AvgIpc) is 2.83. The molecule has 4 saturated carbocycles. The van der Waals surface area contributed by atoms with Crippen molar-refractivity contribution in [3.63, 3.8) is 0 Å². The van der Waals surface area contributed by atoms with Crippen molar-refractivity contribution in [3.05, 3.63) is 0 Å². The summed E-state index contributed by atoms with van der Waals surface area (Å²) in [5, 5.41) is 0. The quantitative estimate of drug-likeness (QED) is 0.725. The van der Waals surface area contributed by atoms with E-state index in [-0.39, 0.29) is 0 Å². The van der Waals surface area contributed by atoms with Gasteiger partial charge in [-0.2, -0.15) is 0 Å². The molecule has 0 aromatic heterocycles. The number of hydrogen-bond acceptors (Lipinski definition) is 2. The molecule has 20 heavy (non-hydrogen) atoms. The minimum atomic E-state index is 0.642. The largest absolute Gasteiger partial charge is 0.298 e. The Balaban J connectivity index is 1.44. The molecule has 112 valence electrons. The summed E-state index contributed by atoms with van der Waals surface area (Å²) in [4.78, 5) is 5.83. The van der Waals surface area contributed by atoms with Crippen LogP contribution < -0.4 is 0 Å². The second kappa shape index (κ2) is 4.23. The van der Waals surface area contributed by atoms with Gasteiger partial charge >= 0.3 is 0 Å². The van der Waals surface area contributed by atoms with Crippen LogP contribution in [0.1, 0.15) is 58.3 Å². The van der Waals surface area contributed by atoms with Gasteiger partial charge in [-0.05, 0) is 82.6 Å². The molecule has 0 aromatic rings. The third kappa shape index (κ3) is 1.70. The SMILES string of the molecule is CC1CN2CCCC2CN1C12CC3CC(CC(C3)C1)C2. The first-order valence-electron chi connectivity index (χ1n) is 9.23. The number of rotatable bonds is 1. The second-order valence-electron chi connectivity index (χ2n) is 8.93. The van der Waals surface area contributed by atoms with Crippen LogP contribution >= 0.6 is 0 Å². The lowest BCUT2D eigenvalue weighted by molar-refractivity contribution is -0.124. The Morgan fingerprint density at radius 1 is 0.900 bits per heavy atom. The maximum Gasteiger partial charge on any atom is 0.0224 e. The van der Waals surface area contributed by atoms with Crippen LogP contribution in [-0.4, -0.2) is 47.1 Å². The van der Waals surface area contributed by atoms with Gasteiger partial charge < -0.3 is 0 Å². The lowest BCUT2D eigenvalue weighted by Gasteiger charge is -2.63. The predicted molar refractivity (Wildman–Crippen MR) is 81.7 cm³/mol. The highest BCUT2D eigenvalue weighted by molar-refractivity contribution is 5.10. The molecule has 2 nitrogen and oxygen atoms in total. The van der Waals surface area contributed by atoms with E-state index in [1.54, 1.807) is 38.5 Å². The molecule has 0 N–H and O–H groups in total. The molecule has 4 bridgehead atoms. The zero-order chi connectivity index (χ0) is 13.3. The van der Waals surface area contributed by atoms with E-state index in [0.717, 1.165) is 29.8 Å². The molecule has 0 radical (unpaired) electrons. The zero-order valence-corrected chi connectivity index (χ0v) is 13.1. The number of nitrogens with zero attached hydrogens (tertiary/aromatic N) is 2. The van der Waals surface area contributed by atoms with E-state index in [1.165, 1.54) is 32.5 Å². The standard InChI is InChI=1S/C18H30N2/c1-13-11-19-4-2-3-17(19)12-20(13)18-8-14-5-15(9-18)7-16(6-14)10-18/h13-17H,2-12H2,1H3. The molecule has 2 atom stereocenters. The molecule has 2 aliphatic heterocycles. The Hall–Kier alpha value is -0.0800. The summed E-state index contributed by atoms with van der Waals surface area (Å²) in [5.74, 6) is 3.28. The Morgan fingerprint density at radius 3 is 2.20 bits per heavy atom.